The van der Waals surface area contributed by atoms with Crippen LogP contribution in [0.1, 0.15) is 30.9 Å². The average molecular weight is 366 g/mol. The number of ether oxygens (including phenoxy) is 1. The maximum absolute atomic E-state index is 12.3. The molecule has 1 aromatic rings. The van der Waals surface area contributed by atoms with Gasteiger partial charge in [-0.2, -0.15) is 0 Å². The molecule has 0 radical (unpaired) electrons. The third-order valence-corrected chi connectivity index (χ3v) is 4.36. The van der Waals surface area contributed by atoms with E-state index in [4.69, 9.17) is 4.74 Å². The molecule has 0 saturated carbocycles. The first-order valence-electron chi connectivity index (χ1n) is 7.98. The fraction of sp³-hybridized carbons (Fsp3) is 0.412. The third-order valence-electron chi connectivity index (χ3n) is 3.65. The fourth-order valence-corrected chi connectivity index (χ4v) is 3.16. The molecule has 25 heavy (non-hydrogen) atoms. The van der Waals surface area contributed by atoms with E-state index in [2.05, 4.69) is 10.0 Å². The van der Waals surface area contributed by atoms with Gasteiger partial charge in [-0.1, -0.05) is 42.5 Å². The van der Waals surface area contributed by atoms with Crippen molar-refractivity contribution in [2.45, 2.75) is 31.3 Å². The van der Waals surface area contributed by atoms with E-state index in [0.717, 1.165) is 11.8 Å². The van der Waals surface area contributed by atoms with Crippen molar-refractivity contribution >= 4 is 21.9 Å². The Morgan fingerprint density at radius 1 is 1.16 bits per heavy atom. The zero-order valence-electron chi connectivity index (χ0n) is 14.0. The Hall–Kier alpha value is -2.19. The topological polar surface area (TPSA) is 102 Å². The van der Waals surface area contributed by atoms with Crippen molar-refractivity contribution in [2.24, 2.45) is 0 Å². The molecule has 2 N–H and O–H groups in total. The summed E-state index contributed by atoms with van der Waals surface area (Å²) in [5.41, 5.74) is 0.809. The molecule has 1 amide bonds. The quantitative estimate of drug-likeness (QED) is 0.615. The van der Waals surface area contributed by atoms with E-state index < -0.39 is 28.1 Å². The highest BCUT2D eigenvalue weighted by atomic mass is 32.2. The van der Waals surface area contributed by atoms with Crippen LogP contribution in [0.3, 0.4) is 0 Å². The number of carbonyl (C=O) groups excluding carboxylic acids is 2. The summed E-state index contributed by atoms with van der Waals surface area (Å²) < 4.78 is 30.5. The molecule has 0 aromatic heterocycles. The molecule has 0 bridgehead atoms. The maximum atomic E-state index is 12.3. The zero-order chi connectivity index (χ0) is 18.3. The van der Waals surface area contributed by atoms with Gasteiger partial charge in [0.15, 0.2) is 0 Å². The normalized spacial score (nSPS) is 23.1. The fourth-order valence-electron chi connectivity index (χ4n) is 2.45. The Morgan fingerprint density at radius 3 is 2.56 bits per heavy atom. The molecule has 1 aliphatic heterocycles. The lowest BCUT2D eigenvalue weighted by atomic mass is 10.1. The lowest BCUT2D eigenvalue weighted by Gasteiger charge is -2.22. The number of allylic oxidation sites excluding steroid dienone is 1. The zero-order valence-corrected chi connectivity index (χ0v) is 14.8. The molecule has 0 aliphatic carbocycles. The van der Waals surface area contributed by atoms with Crippen LogP contribution in [0.25, 0.3) is 0 Å². The van der Waals surface area contributed by atoms with Gasteiger partial charge in [-0.3, -0.25) is 9.59 Å². The SMILES string of the molecule is CS(=O)(=O)N[C@@H]1CC=CCCC(=O)NC(c2ccccc2)COC1=O. The van der Waals surface area contributed by atoms with Crippen LogP contribution in [-0.4, -0.2) is 39.2 Å². The van der Waals surface area contributed by atoms with Gasteiger partial charge < -0.3 is 10.1 Å². The first kappa shape index (κ1) is 19.1. The van der Waals surface area contributed by atoms with Gasteiger partial charge in [-0.15, -0.1) is 0 Å². The van der Waals surface area contributed by atoms with Crippen molar-refractivity contribution in [2.75, 3.05) is 12.9 Å². The van der Waals surface area contributed by atoms with Crippen LogP contribution in [0.5, 0.6) is 0 Å². The molecular weight excluding hydrogens is 344 g/mol. The molecule has 0 fully saturated rings. The van der Waals surface area contributed by atoms with E-state index in [1.165, 1.54) is 0 Å². The molecule has 1 aromatic carbocycles. The smallest absolute Gasteiger partial charge is 0.324 e. The number of sulfonamides is 1. The van der Waals surface area contributed by atoms with Gasteiger partial charge in [0.05, 0.1) is 12.3 Å². The summed E-state index contributed by atoms with van der Waals surface area (Å²) in [6.07, 6.45) is 5.40. The first-order valence-corrected chi connectivity index (χ1v) is 9.87. The van der Waals surface area contributed by atoms with E-state index >= 15 is 0 Å². The summed E-state index contributed by atoms with van der Waals surface area (Å²) in [5.74, 6) is -0.813. The van der Waals surface area contributed by atoms with Gasteiger partial charge in [-0.05, 0) is 18.4 Å². The molecule has 1 heterocycles. The van der Waals surface area contributed by atoms with Crippen LogP contribution in [0.2, 0.25) is 0 Å². The highest BCUT2D eigenvalue weighted by Crippen LogP contribution is 2.15. The van der Waals surface area contributed by atoms with Crippen LogP contribution in [0.4, 0.5) is 0 Å². The Balaban J connectivity index is 2.18. The van der Waals surface area contributed by atoms with Gasteiger partial charge in [0.25, 0.3) is 0 Å². The summed E-state index contributed by atoms with van der Waals surface area (Å²) >= 11 is 0. The van der Waals surface area contributed by atoms with Crippen molar-refractivity contribution in [1.29, 1.82) is 0 Å². The number of hydrogen-bond donors (Lipinski definition) is 2. The third kappa shape index (κ3) is 6.67. The van der Waals surface area contributed by atoms with Crippen LogP contribution in [-0.2, 0) is 24.3 Å². The van der Waals surface area contributed by atoms with E-state index in [9.17, 15) is 18.0 Å². The summed E-state index contributed by atoms with van der Waals surface area (Å²) in [7, 11) is -3.55. The summed E-state index contributed by atoms with van der Waals surface area (Å²) in [6.45, 7) is -0.0692. The first-order chi connectivity index (χ1) is 11.8. The van der Waals surface area contributed by atoms with E-state index in [1.54, 1.807) is 12.2 Å². The molecule has 0 saturated heterocycles. The van der Waals surface area contributed by atoms with Crippen LogP contribution < -0.4 is 10.0 Å². The van der Waals surface area contributed by atoms with Crippen molar-refractivity contribution < 1.29 is 22.7 Å². The van der Waals surface area contributed by atoms with Gasteiger partial charge in [0.2, 0.25) is 15.9 Å². The predicted octanol–water partition coefficient (Wildman–Crippen LogP) is 1.04. The Morgan fingerprint density at radius 2 is 1.88 bits per heavy atom. The largest absolute Gasteiger partial charge is 0.462 e. The molecule has 8 heteroatoms. The highest BCUT2D eigenvalue weighted by Gasteiger charge is 2.25. The number of benzene rings is 1. The lowest BCUT2D eigenvalue weighted by Crippen LogP contribution is -2.42. The Bertz CT molecular complexity index is 731. The predicted molar refractivity (Wildman–Crippen MR) is 93.0 cm³/mol. The van der Waals surface area contributed by atoms with E-state index in [-0.39, 0.29) is 18.9 Å². The highest BCUT2D eigenvalue weighted by molar-refractivity contribution is 7.88. The number of cyclic esters (lactones) is 1. The molecule has 2 rings (SSSR count). The summed E-state index contributed by atoms with van der Waals surface area (Å²) in [5, 5.41) is 2.85. The van der Waals surface area contributed by atoms with Gasteiger partial charge >= 0.3 is 5.97 Å². The van der Waals surface area contributed by atoms with E-state index in [1.807, 2.05) is 30.3 Å². The average Bonchev–Trinajstić information content (AvgIpc) is 2.55. The summed E-state index contributed by atoms with van der Waals surface area (Å²) in [6, 6.07) is 7.70. The second-order valence-corrected chi connectivity index (χ2v) is 7.63. The maximum Gasteiger partial charge on any atom is 0.324 e. The molecule has 7 nitrogen and oxygen atoms in total. The lowest BCUT2D eigenvalue weighted by molar-refractivity contribution is -0.147. The van der Waals surface area contributed by atoms with Gasteiger partial charge in [0, 0.05) is 6.42 Å². The minimum absolute atomic E-state index is 0.0692. The molecular formula is C17H22N2O5S. The number of esters is 1. The van der Waals surface area contributed by atoms with E-state index in [0.29, 0.717) is 12.8 Å². The Kier molecular flexibility index (Phi) is 6.72. The molecule has 1 aliphatic rings. The van der Waals surface area contributed by atoms with Crippen LogP contribution in [0.15, 0.2) is 42.5 Å². The van der Waals surface area contributed by atoms with Crippen molar-refractivity contribution in [3.63, 3.8) is 0 Å². The van der Waals surface area contributed by atoms with Crippen molar-refractivity contribution in [1.82, 2.24) is 10.0 Å². The van der Waals surface area contributed by atoms with Crippen LogP contribution in [0, 0.1) is 0 Å². The number of amides is 1. The van der Waals surface area contributed by atoms with Crippen LogP contribution >= 0.6 is 0 Å². The minimum Gasteiger partial charge on any atom is -0.462 e. The molecule has 2 atom stereocenters. The Labute approximate surface area is 147 Å². The monoisotopic (exact) mass is 366 g/mol. The van der Waals surface area contributed by atoms with Crippen molar-refractivity contribution in [3.05, 3.63) is 48.0 Å². The van der Waals surface area contributed by atoms with Crippen molar-refractivity contribution in [3.8, 4) is 0 Å². The standard InChI is InChI=1S/C17H22N2O5S/c1-25(22,23)19-14-10-6-3-7-11-16(20)18-15(12-24-17(14)21)13-8-4-2-5-9-13/h2-6,8-9,14-15,19H,7,10-12H2,1H3,(H,18,20)/t14-,15?/m1/s1. The second-order valence-electron chi connectivity index (χ2n) is 5.85. The number of carbonyl (C=O) groups is 2. The number of nitrogens with one attached hydrogen (secondary N) is 2. The van der Waals surface area contributed by atoms with Gasteiger partial charge in [0.1, 0.15) is 12.6 Å². The summed E-state index contributed by atoms with van der Waals surface area (Å²) in [4.78, 5) is 24.3. The second kappa shape index (κ2) is 8.77. The number of hydrogen-bond acceptors (Lipinski definition) is 5. The minimum atomic E-state index is -3.55. The van der Waals surface area contributed by atoms with Gasteiger partial charge in [-0.25, -0.2) is 13.1 Å². The molecule has 136 valence electrons. The molecule has 1 unspecified atom stereocenters. The molecule has 0 spiro atoms. The number of rotatable bonds is 3.